The Morgan fingerprint density at radius 3 is 2.52 bits per heavy atom. The molecule has 1 aliphatic rings. The van der Waals surface area contributed by atoms with Gasteiger partial charge in [-0.25, -0.2) is 14.7 Å². The van der Waals surface area contributed by atoms with Gasteiger partial charge in [0.1, 0.15) is 12.1 Å². The van der Waals surface area contributed by atoms with Gasteiger partial charge in [0, 0.05) is 12.1 Å². The summed E-state index contributed by atoms with van der Waals surface area (Å²) in [4.78, 5) is 23.1. The number of nitrogens with one attached hydrogen (secondary N) is 1. The maximum atomic E-state index is 12.8. The van der Waals surface area contributed by atoms with Crippen molar-refractivity contribution in [2.24, 2.45) is 4.99 Å². The Hall–Kier alpha value is -4.20. The molecular formula is C31H31F3N6O3S. The summed E-state index contributed by atoms with van der Waals surface area (Å²) in [6.45, 7) is 6.45. The summed E-state index contributed by atoms with van der Waals surface area (Å²) in [7, 11) is 0. The number of hydrogen-bond donors (Lipinski definition) is 2. The zero-order valence-electron chi connectivity index (χ0n) is 24.2. The summed E-state index contributed by atoms with van der Waals surface area (Å²) in [5, 5.41) is 18.6. The van der Waals surface area contributed by atoms with E-state index in [0.717, 1.165) is 34.4 Å². The third-order valence-electron chi connectivity index (χ3n) is 7.10. The molecule has 0 radical (unpaired) electrons. The first kappa shape index (κ1) is 31.2. The van der Waals surface area contributed by atoms with Crippen LogP contribution in [0.25, 0.3) is 17.1 Å². The molecule has 1 saturated heterocycles. The average Bonchev–Trinajstić information content (AvgIpc) is 3.62. The Morgan fingerprint density at radius 2 is 1.84 bits per heavy atom. The van der Waals surface area contributed by atoms with E-state index in [1.54, 1.807) is 4.90 Å². The minimum atomic E-state index is -4.76. The van der Waals surface area contributed by atoms with E-state index in [-0.39, 0.29) is 23.3 Å². The minimum absolute atomic E-state index is 0.0267. The fourth-order valence-corrected chi connectivity index (χ4v) is 5.71. The second-order valence-corrected chi connectivity index (χ2v) is 11.2. The zero-order chi connectivity index (χ0) is 31.4. The van der Waals surface area contributed by atoms with Crippen LogP contribution in [-0.4, -0.2) is 56.0 Å². The molecule has 9 nitrogen and oxygen atoms in total. The van der Waals surface area contributed by atoms with Gasteiger partial charge in [0.25, 0.3) is 0 Å². The van der Waals surface area contributed by atoms with Crippen molar-refractivity contribution in [1.82, 2.24) is 20.1 Å². The van der Waals surface area contributed by atoms with Gasteiger partial charge in [0.2, 0.25) is 12.3 Å². The predicted molar refractivity (Wildman–Crippen MR) is 164 cm³/mol. The third kappa shape index (κ3) is 7.29. The van der Waals surface area contributed by atoms with Crippen LogP contribution < -0.4 is 15.0 Å². The summed E-state index contributed by atoms with van der Waals surface area (Å²) in [5.74, 6) is 0.368. The highest BCUT2D eigenvalue weighted by atomic mass is 32.2. The predicted octanol–water partition coefficient (Wildman–Crippen LogP) is 5.81. The zero-order valence-corrected chi connectivity index (χ0v) is 25.1. The molecule has 2 unspecified atom stereocenters. The fourth-order valence-electron chi connectivity index (χ4n) is 4.83. The molecule has 0 spiro atoms. The summed E-state index contributed by atoms with van der Waals surface area (Å²) in [6, 6.07) is 18.9. The maximum Gasteiger partial charge on any atom is 0.573 e. The average molecular weight is 625 g/mol. The number of aliphatic hydroxyl groups excluding tert-OH is 1. The Kier molecular flexibility index (Phi) is 9.37. The first-order valence-electron chi connectivity index (χ1n) is 13.9. The number of anilines is 1. The highest BCUT2D eigenvalue weighted by molar-refractivity contribution is 8.15. The summed E-state index contributed by atoms with van der Waals surface area (Å²) in [6.07, 6.45) is -3.69. The van der Waals surface area contributed by atoms with Crippen LogP contribution in [0, 0.1) is 6.92 Å². The Balaban J connectivity index is 1.20. The number of nitrogens with zero attached hydrogens (tertiary/aromatic N) is 5. The van der Waals surface area contributed by atoms with Crippen LogP contribution in [0.3, 0.4) is 0 Å². The number of aryl methyl sites for hydroxylation is 2. The van der Waals surface area contributed by atoms with E-state index in [1.165, 1.54) is 47.0 Å². The molecule has 13 heteroatoms. The molecule has 44 heavy (non-hydrogen) atoms. The lowest BCUT2D eigenvalue weighted by Crippen LogP contribution is -2.35. The molecule has 1 amide bonds. The monoisotopic (exact) mass is 624 g/mol. The standard InChI is InChI=1S/C31H31F3N6O3S/c1-4-21-7-5-6-19(2)27(21)40-26(41)17-44-30(40)37-29(42)35-16-20(3)22-8-10-23(11-9-22)28-36-18-39(38-28)24-12-14-25(15-13-24)43-31(32,33)34/h5-15,18,20,29,35,42H,4,16-17H2,1-3H3. The Morgan fingerprint density at radius 1 is 1.11 bits per heavy atom. The molecule has 0 saturated carbocycles. The summed E-state index contributed by atoms with van der Waals surface area (Å²) in [5.41, 5.74) is 5.16. The second-order valence-electron chi connectivity index (χ2n) is 10.2. The number of carbonyl (C=O) groups is 1. The number of para-hydroxylation sites is 1. The molecule has 0 bridgehead atoms. The summed E-state index contributed by atoms with van der Waals surface area (Å²) < 4.78 is 42.6. The number of aliphatic hydroxyl groups is 1. The highest BCUT2D eigenvalue weighted by Gasteiger charge is 2.33. The number of aromatic nitrogens is 3. The van der Waals surface area contributed by atoms with Gasteiger partial charge in [-0.05, 0) is 60.2 Å². The van der Waals surface area contributed by atoms with Crippen molar-refractivity contribution in [1.29, 1.82) is 0 Å². The second kappa shape index (κ2) is 13.2. The van der Waals surface area contributed by atoms with Crippen molar-refractivity contribution >= 4 is 28.5 Å². The summed E-state index contributed by atoms with van der Waals surface area (Å²) >= 11 is 1.31. The lowest BCUT2D eigenvalue weighted by Gasteiger charge is -2.23. The van der Waals surface area contributed by atoms with Crippen LogP contribution in [0.2, 0.25) is 0 Å². The minimum Gasteiger partial charge on any atom is -0.406 e. The number of amides is 1. The molecule has 2 atom stereocenters. The number of rotatable bonds is 10. The van der Waals surface area contributed by atoms with Gasteiger partial charge in [-0.1, -0.05) is 68.1 Å². The highest BCUT2D eigenvalue weighted by Crippen LogP contribution is 2.33. The van der Waals surface area contributed by atoms with Crippen molar-refractivity contribution in [3.8, 4) is 22.8 Å². The van der Waals surface area contributed by atoms with Crippen molar-refractivity contribution in [3.63, 3.8) is 0 Å². The molecule has 1 aliphatic heterocycles. The molecule has 1 aromatic heterocycles. The van der Waals surface area contributed by atoms with Crippen LogP contribution in [0.4, 0.5) is 18.9 Å². The number of aliphatic imine (C=N–C) groups is 1. The van der Waals surface area contributed by atoms with E-state index in [4.69, 9.17) is 0 Å². The van der Waals surface area contributed by atoms with Gasteiger partial charge in [0.15, 0.2) is 11.0 Å². The third-order valence-corrected chi connectivity index (χ3v) is 8.03. The lowest BCUT2D eigenvalue weighted by molar-refractivity contribution is -0.274. The molecule has 0 aliphatic carbocycles. The van der Waals surface area contributed by atoms with E-state index in [9.17, 15) is 23.1 Å². The molecule has 2 heterocycles. The fraction of sp³-hybridized carbons (Fsp3) is 0.290. The van der Waals surface area contributed by atoms with E-state index >= 15 is 0 Å². The number of amidine groups is 1. The Labute approximate surface area is 256 Å². The van der Waals surface area contributed by atoms with Crippen molar-refractivity contribution in [2.75, 3.05) is 17.2 Å². The lowest BCUT2D eigenvalue weighted by atomic mass is 10.00. The molecule has 3 aromatic carbocycles. The van der Waals surface area contributed by atoms with E-state index in [0.29, 0.717) is 23.2 Å². The van der Waals surface area contributed by atoms with Crippen LogP contribution in [-0.2, 0) is 11.2 Å². The van der Waals surface area contributed by atoms with Crippen LogP contribution >= 0.6 is 11.8 Å². The van der Waals surface area contributed by atoms with E-state index in [1.807, 2.05) is 63.2 Å². The van der Waals surface area contributed by atoms with Crippen LogP contribution in [0.1, 0.15) is 36.5 Å². The smallest absolute Gasteiger partial charge is 0.406 e. The van der Waals surface area contributed by atoms with Crippen LogP contribution in [0.5, 0.6) is 5.75 Å². The van der Waals surface area contributed by atoms with E-state index < -0.39 is 12.7 Å². The van der Waals surface area contributed by atoms with Gasteiger partial charge in [-0.3, -0.25) is 15.0 Å². The number of ether oxygens (including phenoxy) is 1. The molecule has 4 aromatic rings. The van der Waals surface area contributed by atoms with Gasteiger partial charge < -0.3 is 9.84 Å². The number of halogens is 3. The number of carbonyl (C=O) groups excluding carboxylic acids is 1. The van der Waals surface area contributed by atoms with Gasteiger partial charge >= 0.3 is 6.36 Å². The SMILES string of the molecule is CCc1cccc(C)c1N1C(=O)CSC1=NC(O)NCC(C)c1ccc(-c2ncn(-c3ccc(OC(F)(F)F)cc3)n2)cc1. The molecule has 230 valence electrons. The van der Waals surface area contributed by atoms with Gasteiger partial charge in [-0.2, -0.15) is 0 Å². The Bertz CT molecular complexity index is 1640. The normalized spacial score (nSPS) is 16.0. The molecule has 1 fully saturated rings. The number of alkyl halides is 3. The molecular weight excluding hydrogens is 593 g/mol. The molecule has 5 rings (SSSR count). The van der Waals surface area contributed by atoms with Crippen molar-refractivity contribution in [2.45, 2.75) is 45.8 Å². The first-order chi connectivity index (χ1) is 21.0. The van der Waals surface area contributed by atoms with Gasteiger partial charge in [0.05, 0.1) is 17.1 Å². The van der Waals surface area contributed by atoms with Crippen molar-refractivity contribution < 1.29 is 27.8 Å². The van der Waals surface area contributed by atoms with Crippen molar-refractivity contribution in [3.05, 3.63) is 89.7 Å². The number of benzene rings is 3. The quantitative estimate of drug-likeness (QED) is 0.215. The van der Waals surface area contributed by atoms with Crippen LogP contribution in [0.15, 0.2) is 78.0 Å². The molecule has 2 N–H and O–H groups in total. The number of hydrogen-bond acceptors (Lipinski definition) is 8. The largest absolute Gasteiger partial charge is 0.573 e. The van der Waals surface area contributed by atoms with E-state index in [2.05, 4.69) is 25.1 Å². The maximum absolute atomic E-state index is 12.8. The number of thioether (sulfide) groups is 1. The first-order valence-corrected chi connectivity index (χ1v) is 14.9. The van der Waals surface area contributed by atoms with Gasteiger partial charge in [-0.15, -0.1) is 18.3 Å². The topological polar surface area (TPSA) is 105 Å².